The molecule has 4 rings (SSSR count). The Morgan fingerprint density at radius 3 is 2.69 bits per heavy atom. The van der Waals surface area contributed by atoms with Gasteiger partial charge >= 0.3 is 0 Å². The highest BCUT2D eigenvalue weighted by Gasteiger charge is 2.40. The predicted octanol–water partition coefficient (Wildman–Crippen LogP) is 1.67. The lowest BCUT2D eigenvalue weighted by Crippen LogP contribution is -2.53. The van der Waals surface area contributed by atoms with E-state index in [2.05, 4.69) is 21.0 Å². The molecule has 1 spiro atoms. The van der Waals surface area contributed by atoms with Gasteiger partial charge in [-0.2, -0.15) is 5.10 Å². The van der Waals surface area contributed by atoms with Crippen LogP contribution in [0.1, 0.15) is 41.9 Å². The molecular formula is C19H28N6O. The first-order chi connectivity index (χ1) is 12.5. The minimum Gasteiger partial charge on any atom is -0.340 e. The predicted molar refractivity (Wildman–Crippen MR) is 98.5 cm³/mol. The third-order valence-electron chi connectivity index (χ3n) is 5.92. The summed E-state index contributed by atoms with van der Waals surface area (Å²) in [6.45, 7) is 4.82. The number of rotatable bonds is 3. The van der Waals surface area contributed by atoms with Crippen LogP contribution in [-0.2, 0) is 20.6 Å². The molecule has 0 bridgehead atoms. The van der Waals surface area contributed by atoms with Crippen LogP contribution in [-0.4, -0.2) is 61.2 Å². The van der Waals surface area contributed by atoms with Gasteiger partial charge in [0, 0.05) is 58.1 Å². The molecule has 2 aromatic heterocycles. The van der Waals surface area contributed by atoms with E-state index in [1.165, 1.54) is 25.0 Å². The standard InChI is InChI=1S/C19H28N6O/c1-22-12-17(20-15-22)18(26)25-10-4-7-19(14-25)6-3-9-24(13-19)11-16-5-8-21-23(16)2/h5,8,12,15H,3-4,6-7,9-11,13-14H2,1-2H3. The van der Waals surface area contributed by atoms with Gasteiger partial charge in [-0.15, -0.1) is 0 Å². The summed E-state index contributed by atoms with van der Waals surface area (Å²) in [5, 5.41) is 4.29. The SMILES string of the molecule is Cn1cnc(C(=O)N2CCCC3(CCCN(Cc4ccnn4C)C3)C2)c1. The van der Waals surface area contributed by atoms with Crippen molar-refractivity contribution in [3.63, 3.8) is 0 Å². The van der Waals surface area contributed by atoms with Crippen molar-refractivity contribution in [2.45, 2.75) is 32.2 Å². The maximum Gasteiger partial charge on any atom is 0.274 e. The summed E-state index contributed by atoms with van der Waals surface area (Å²) in [7, 11) is 3.90. The molecule has 0 N–H and O–H groups in total. The van der Waals surface area contributed by atoms with E-state index in [9.17, 15) is 4.79 Å². The van der Waals surface area contributed by atoms with E-state index in [1.54, 1.807) is 6.33 Å². The van der Waals surface area contributed by atoms with Gasteiger partial charge < -0.3 is 9.47 Å². The average Bonchev–Trinajstić information content (AvgIpc) is 3.23. The number of hydrogen-bond donors (Lipinski definition) is 0. The summed E-state index contributed by atoms with van der Waals surface area (Å²) < 4.78 is 3.79. The van der Waals surface area contributed by atoms with Crippen LogP contribution in [0.5, 0.6) is 0 Å². The number of piperidine rings is 2. The van der Waals surface area contributed by atoms with Crippen LogP contribution < -0.4 is 0 Å². The maximum absolute atomic E-state index is 12.8. The number of aryl methyl sites for hydroxylation is 2. The molecule has 0 aromatic carbocycles. The number of carbonyl (C=O) groups is 1. The molecule has 0 saturated carbocycles. The Hall–Kier alpha value is -2.15. The normalized spacial score (nSPS) is 24.3. The Kier molecular flexibility index (Phi) is 4.56. The van der Waals surface area contributed by atoms with Crippen molar-refractivity contribution in [2.75, 3.05) is 26.2 Å². The molecule has 2 aromatic rings. The van der Waals surface area contributed by atoms with Gasteiger partial charge in [0.1, 0.15) is 5.69 Å². The monoisotopic (exact) mass is 356 g/mol. The Labute approximate surface area is 154 Å². The van der Waals surface area contributed by atoms with Crippen molar-refractivity contribution in [1.29, 1.82) is 0 Å². The number of likely N-dealkylation sites (tertiary alicyclic amines) is 2. The van der Waals surface area contributed by atoms with Gasteiger partial charge in [0.05, 0.1) is 12.0 Å². The Bertz CT molecular complexity index is 777. The van der Waals surface area contributed by atoms with Gasteiger partial charge in [-0.05, 0) is 38.3 Å². The highest BCUT2D eigenvalue weighted by molar-refractivity contribution is 5.92. The molecule has 2 fully saturated rings. The molecule has 7 heteroatoms. The van der Waals surface area contributed by atoms with Crippen molar-refractivity contribution in [1.82, 2.24) is 29.1 Å². The fourth-order valence-electron chi connectivity index (χ4n) is 4.63. The lowest BCUT2D eigenvalue weighted by Gasteiger charge is -2.48. The van der Waals surface area contributed by atoms with Crippen LogP contribution in [0.4, 0.5) is 0 Å². The van der Waals surface area contributed by atoms with E-state index >= 15 is 0 Å². The number of nitrogens with zero attached hydrogens (tertiary/aromatic N) is 6. The minimum atomic E-state index is 0.0773. The number of hydrogen-bond acceptors (Lipinski definition) is 4. The molecule has 26 heavy (non-hydrogen) atoms. The second kappa shape index (κ2) is 6.87. The van der Waals surface area contributed by atoms with Gasteiger partial charge in [0.2, 0.25) is 0 Å². The average molecular weight is 356 g/mol. The smallest absolute Gasteiger partial charge is 0.274 e. The van der Waals surface area contributed by atoms with Crippen LogP contribution in [0.2, 0.25) is 0 Å². The van der Waals surface area contributed by atoms with Crippen LogP contribution >= 0.6 is 0 Å². The summed E-state index contributed by atoms with van der Waals surface area (Å²) >= 11 is 0. The summed E-state index contributed by atoms with van der Waals surface area (Å²) in [6, 6.07) is 2.10. The highest BCUT2D eigenvalue weighted by Crippen LogP contribution is 2.39. The first kappa shape index (κ1) is 17.3. The third kappa shape index (κ3) is 3.40. The molecule has 0 aliphatic carbocycles. The highest BCUT2D eigenvalue weighted by atomic mass is 16.2. The van der Waals surface area contributed by atoms with E-state index in [1.807, 2.05) is 40.6 Å². The van der Waals surface area contributed by atoms with E-state index < -0.39 is 0 Å². The van der Waals surface area contributed by atoms with Gasteiger partial charge in [-0.3, -0.25) is 14.4 Å². The maximum atomic E-state index is 12.8. The van der Waals surface area contributed by atoms with Crippen molar-refractivity contribution >= 4 is 5.91 Å². The van der Waals surface area contributed by atoms with Gasteiger partial charge in [-0.1, -0.05) is 0 Å². The van der Waals surface area contributed by atoms with Crippen molar-refractivity contribution in [3.8, 4) is 0 Å². The molecule has 1 amide bonds. The van der Waals surface area contributed by atoms with Crippen LogP contribution in [0.15, 0.2) is 24.8 Å². The summed E-state index contributed by atoms with van der Waals surface area (Å²) in [5.41, 5.74) is 2.03. The Morgan fingerprint density at radius 1 is 1.19 bits per heavy atom. The lowest BCUT2D eigenvalue weighted by atomic mass is 9.73. The Balaban J connectivity index is 1.45. The first-order valence-corrected chi connectivity index (χ1v) is 9.51. The molecular weight excluding hydrogens is 328 g/mol. The number of carbonyl (C=O) groups excluding carboxylic acids is 1. The quantitative estimate of drug-likeness (QED) is 0.839. The van der Waals surface area contributed by atoms with Crippen molar-refractivity contribution in [3.05, 3.63) is 36.2 Å². The molecule has 1 atom stereocenters. The van der Waals surface area contributed by atoms with Gasteiger partial charge in [-0.25, -0.2) is 4.98 Å². The molecule has 1 unspecified atom stereocenters. The zero-order valence-corrected chi connectivity index (χ0v) is 15.8. The summed E-state index contributed by atoms with van der Waals surface area (Å²) in [5.74, 6) is 0.0773. The van der Waals surface area contributed by atoms with Crippen LogP contribution in [0.25, 0.3) is 0 Å². The van der Waals surface area contributed by atoms with Crippen molar-refractivity contribution in [2.24, 2.45) is 19.5 Å². The van der Waals surface area contributed by atoms with E-state index in [0.29, 0.717) is 5.69 Å². The summed E-state index contributed by atoms with van der Waals surface area (Å²) in [6.07, 6.45) is 10.1. The zero-order chi connectivity index (χ0) is 18.1. The lowest BCUT2D eigenvalue weighted by molar-refractivity contribution is 0.0105. The van der Waals surface area contributed by atoms with Gasteiger partial charge in [0.15, 0.2) is 0 Å². The summed E-state index contributed by atoms with van der Waals surface area (Å²) in [4.78, 5) is 21.7. The molecule has 4 heterocycles. The largest absolute Gasteiger partial charge is 0.340 e. The molecule has 2 aliphatic rings. The van der Waals surface area contributed by atoms with E-state index in [-0.39, 0.29) is 11.3 Å². The van der Waals surface area contributed by atoms with E-state index in [4.69, 9.17) is 0 Å². The second-order valence-electron chi connectivity index (χ2n) is 8.02. The molecule has 2 saturated heterocycles. The van der Waals surface area contributed by atoms with E-state index in [0.717, 1.165) is 39.1 Å². The topological polar surface area (TPSA) is 59.2 Å². The molecule has 2 aliphatic heterocycles. The molecule has 0 radical (unpaired) electrons. The minimum absolute atomic E-state index is 0.0773. The molecule has 7 nitrogen and oxygen atoms in total. The second-order valence-corrected chi connectivity index (χ2v) is 8.02. The van der Waals surface area contributed by atoms with Crippen LogP contribution in [0.3, 0.4) is 0 Å². The third-order valence-corrected chi connectivity index (χ3v) is 5.92. The van der Waals surface area contributed by atoms with Crippen LogP contribution in [0, 0.1) is 5.41 Å². The fourth-order valence-corrected chi connectivity index (χ4v) is 4.63. The number of aromatic nitrogens is 4. The molecule has 140 valence electrons. The van der Waals surface area contributed by atoms with Crippen molar-refractivity contribution < 1.29 is 4.79 Å². The Morgan fingerprint density at radius 2 is 2.00 bits per heavy atom. The number of amides is 1. The zero-order valence-electron chi connectivity index (χ0n) is 15.8. The van der Waals surface area contributed by atoms with Gasteiger partial charge in [0.25, 0.3) is 5.91 Å². The number of imidazole rings is 1. The first-order valence-electron chi connectivity index (χ1n) is 9.51. The fraction of sp³-hybridized carbons (Fsp3) is 0.632.